The lowest BCUT2D eigenvalue weighted by Gasteiger charge is -2.19. The van der Waals surface area contributed by atoms with E-state index in [4.69, 9.17) is 4.74 Å². The van der Waals surface area contributed by atoms with Gasteiger partial charge < -0.3 is 15.4 Å². The maximum Gasteiger partial charge on any atom is 0.319 e. The standard InChI is InChI=1S/C21H21N3O2/c1-26-15-20(18-5-3-2-4-6-18)24-21(25)23-19-9-7-16(8-10-19)17-11-13-22-14-12-17/h2-14,20H,15H2,1H3,(H2,23,24,25). The molecule has 0 aliphatic carbocycles. The summed E-state index contributed by atoms with van der Waals surface area (Å²) in [5, 5.41) is 5.81. The molecule has 0 aliphatic heterocycles. The Morgan fingerprint density at radius 3 is 2.27 bits per heavy atom. The molecule has 1 heterocycles. The third-order valence-corrected chi connectivity index (χ3v) is 4.00. The third-order valence-electron chi connectivity index (χ3n) is 4.00. The van der Waals surface area contributed by atoms with Crippen molar-refractivity contribution in [1.29, 1.82) is 0 Å². The molecular formula is C21H21N3O2. The average Bonchev–Trinajstić information content (AvgIpc) is 2.69. The summed E-state index contributed by atoms with van der Waals surface area (Å²) in [6.07, 6.45) is 3.52. The van der Waals surface area contributed by atoms with Crippen LogP contribution in [0.4, 0.5) is 10.5 Å². The van der Waals surface area contributed by atoms with E-state index in [-0.39, 0.29) is 12.1 Å². The number of nitrogens with zero attached hydrogens (tertiary/aromatic N) is 1. The van der Waals surface area contributed by atoms with Gasteiger partial charge in [-0.1, -0.05) is 42.5 Å². The summed E-state index contributed by atoms with van der Waals surface area (Å²) >= 11 is 0. The van der Waals surface area contributed by atoms with Gasteiger partial charge in [-0.15, -0.1) is 0 Å². The number of hydrogen-bond acceptors (Lipinski definition) is 3. The summed E-state index contributed by atoms with van der Waals surface area (Å²) in [5.41, 5.74) is 3.88. The smallest absolute Gasteiger partial charge is 0.319 e. The molecule has 1 atom stereocenters. The fourth-order valence-electron chi connectivity index (χ4n) is 2.69. The molecule has 2 N–H and O–H groups in total. The van der Waals surface area contributed by atoms with Crippen LogP contribution in [0.5, 0.6) is 0 Å². The van der Waals surface area contributed by atoms with Crippen molar-refractivity contribution in [3.8, 4) is 11.1 Å². The predicted octanol–water partition coefficient (Wildman–Crippen LogP) is 4.26. The number of carbonyl (C=O) groups excluding carboxylic acids is 1. The number of benzene rings is 2. The van der Waals surface area contributed by atoms with E-state index in [1.165, 1.54) is 0 Å². The summed E-state index contributed by atoms with van der Waals surface area (Å²) in [4.78, 5) is 16.4. The summed E-state index contributed by atoms with van der Waals surface area (Å²) in [5.74, 6) is 0. The number of ether oxygens (including phenoxy) is 1. The van der Waals surface area contributed by atoms with Gasteiger partial charge in [-0.25, -0.2) is 4.79 Å². The van der Waals surface area contributed by atoms with Crippen LogP contribution in [0, 0.1) is 0 Å². The molecular weight excluding hydrogens is 326 g/mol. The van der Waals surface area contributed by atoms with E-state index < -0.39 is 0 Å². The number of pyridine rings is 1. The Morgan fingerprint density at radius 2 is 1.62 bits per heavy atom. The highest BCUT2D eigenvalue weighted by Gasteiger charge is 2.14. The van der Waals surface area contributed by atoms with Gasteiger partial charge in [0.25, 0.3) is 0 Å². The number of amides is 2. The van der Waals surface area contributed by atoms with Gasteiger partial charge in [-0.2, -0.15) is 0 Å². The molecule has 132 valence electrons. The summed E-state index contributed by atoms with van der Waals surface area (Å²) in [6.45, 7) is 0.401. The van der Waals surface area contributed by atoms with E-state index in [0.29, 0.717) is 6.61 Å². The molecule has 0 spiro atoms. The molecule has 0 bridgehead atoms. The molecule has 1 aromatic heterocycles. The maximum absolute atomic E-state index is 12.3. The lowest BCUT2D eigenvalue weighted by Crippen LogP contribution is -2.34. The largest absolute Gasteiger partial charge is 0.382 e. The monoisotopic (exact) mass is 347 g/mol. The molecule has 0 radical (unpaired) electrons. The van der Waals surface area contributed by atoms with E-state index in [0.717, 1.165) is 22.4 Å². The molecule has 26 heavy (non-hydrogen) atoms. The van der Waals surface area contributed by atoms with Gasteiger partial charge in [0.15, 0.2) is 0 Å². The molecule has 3 aromatic rings. The first-order valence-electron chi connectivity index (χ1n) is 8.38. The van der Waals surface area contributed by atoms with Crippen LogP contribution in [0.25, 0.3) is 11.1 Å². The van der Waals surface area contributed by atoms with E-state index >= 15 is 0 Å². The quantitative estimate of drug-likeness (QED) is 0.700. The second-order valence-corrected chi connectivity index (χ2v) is 5.83. The minimum atomic E-state index is -0.271. The van der Waals surface area contributed by atoms with Crippen LogP contribution < -0.4 is 10.6 Å². The second kappa shape index (κ2) is 8.78. The number of hydrogen-bond donors (Lipinski definition) is 2. The summed E-state index contributed by atoms with van der Waals surface area (Å²) in [6, 6.07) is 20.9. The zero-order valence-electron chi connectivity index (χ0n) is 14.6. The minimum absolute atomic E-state index is 0.211. The third kappa shape index (κ3) is 4.68. The molecule has 2 amide bonds. The van der Waals surface area contributed by atoms with Crippen LogP contribution in [0.15, 0.2) is 79.1 Å². The molecule has 1 unspecified atom stereocenters. The maximum atomic E-state index is 12.3. The number of rotatable bonds is 6. The van der Waals surface area contributed by atoms with Crippen molar-refractivity contribution in [3.05, 3.63) is 84.7 Å². The SMILES string of the molecule is COCC(NC(=O)Nc1ccc(-c2ccncc2)cc1)c1ccccc1. The minimum Gasteiger partial charge on any atom is -0.382 e. The van der Waals surface area contributed by atoms with Crippen molar-refractivity contribution in [2.75, 3.05) is 19.0 Å². The molecule has 0 fully saturated rings. The first kappa shape index (κ1) is 17.6. The molecule has 0 saturated carbocycles. The van der Waals surface area contributed by atoms with Crippen molar-refractivity contribution in [2.24, 2.45) is 0 Å². The summed E-state index contributed by atoms with van der Waals surface area (Å²) in [7, 11) is 1.62. The Balaban J connectivity index is 1.63. The molecule has 0 aliphatic rings. The number of aromatic nitrogens is 1. The highest BCUT2D eigenvalue weighted by atomic mass is 16.5. The van der Waals surface area contributed by atoms with Crippen molar-refractivity contribution in [1.82, 2.24) is 10.3 Å². The van der Waals surface area contributed by atoms with Gasteiger partial charge in [0.1, 0.15) is 0 Å². The van der Waals surface area contributed by atoms with Crippen molar-refractivity contribution >= 4 is 11.7 Å². The Morgan fingerprint density at radius 1 is 0.962 bits per heavy atom. The Labute approximate surface area is 153 Å². The van der Waals surface area contributed by atoms with Gasteiger partial charge >= 0.3 is 6.03 Å². The van der Waals surface area contributed by atoms with Gasteiger partial charge in [-0.05, 0) is 41.0 Å². The lowest BCUT2D eigenvalue weighted by molar-refractivity contribution is 0.168. The fraction of sp³-hybridized carbons (Fsp3) is 0.143. The molecule has 3 rings (SSSR count). The van der Waals surface area contributed by atoms with Crippen LogP contribution in [-0.2, 0) is 4.74 Å². The Hall–Kier alpha value is -3.18. The van der Waals surface area contributed by atoms with Crippen LogP contribution >= 0.6 is 0 Å². The number of anilines is 1. The molecule has 5 heteroatoms. The van der Waals surface area contributed by atoms with E-state index in [2.05, 4.69) is 15.6 Å². The van der Waals surface area contributed by atoms with Gasteiger partial charge in [0.2, 0.25) is 0 Å². The van der Waals surface area contributed by atoms with Crippen LogP contribution in [0.3, 0.4) is 0 Å². The number of carbonyl (C=O) groups is 1. The van der Waals surface area contributed by atoms with E-state index in [1.54, 1.807) is 19.5 Å². The van der Waals surface area contributed by atoms with Crippen LogP contribution in [-0.4, -0.2) is 24.7 Å². The highest BCUT2D eigenvalue weighted by Crippen LogP contribution is 2.20. The van der Waals surface area contributed by atoms with E-state index in [1.807, 2.05) is 66.7 Å². The first-order chi connectivity index (χ1) is 12.8. The van der Waals surface area contributed by atoms with Crippen LogP contribution in [0.2, 0.25) is 0 Å². The zero-order valence-corrected chi connectivity index (χ0v) is 14.6. The average molecular weight is 347 g/mol. The Bertz CT molecular complexity index is 821. The number of nitrogens with one attached hydrogen (secondary N) is 2. The highest BCUT2D eigenvalue weighted by molar-refractivity contribution is 5.89. The molecule has 5 nitrogen and oxygen atoms in total. The summed E-state index contributed by atoms with van der Waals surface area (Å²) < 4.78 is 5.23. The van der Waals surface area contributed by atoms with Crippen molar-refractivity contribution in [3.63, 3.8) is 0 Å². The second-order valence-electron chi connectivity index (χ2n) is 5.83. The van der Waals surface area contributed by atoms with E-state index in [9.17, 15) is 4.79 Å². The van der Waals surface area contributed by atoms with Crippen molar-refractivity contribution < 1.29 is 9.53 Å². The zero-order chi connectivity index (χ0) is 18.2. The lowest BCUT2D eigenvalue weighted by atomic mass is 10.1. The molecule has 2 aromatic carbocycles. The number of methoxy groups -OCH3 is 1. The van der Waals surface area contributed by atoms with Crippen LogP contribution in [0.1, 0.15) is 11.6 Å². The van der Waals surface area contributed by atoms with Gasteiger partial charge in [0.05, 0.1) is 12.6 Å². The normalized spacial score (nSPS) is 11.6. The molecule has 0 saturated heterocycles. The Kier molecular flexibility index (Phi) is 5.96. The number of urea groups is 1. The van der Waals surface area contributed by atoms with Crippen molar-refractivity contribution in [2.45, 2.75) is 6.04 Å². The topological polar surface area (TPSA) is 63.2 Å². The van der Waals surface area contributed by atoms with Gasteiger partial charge in [0, 0.05) is 25.2 Å². The fourth-order valence-corrected chi connectivity index (χ4v) is 2.69. The predicted molar refractivity (Wildman–Crippen MR) is 103 cm³/mol. The first-order valence-corrected chi connectivity index (χ1v) is 8.38. The van der Waals surface area contributed by atoms with Gasteiger partial charge in [-0.3, -0.25) is 4.98 Å².